The van der Waals surface area contributed by atoms with Gasteiger partial charge in [0.2, 0.25) is 0 Å². The van der Waals surface area contributed by atoms with Crippen molar-refractivity contribution in [2.75, 3.05) is 26.2 Å². The molecule has 0 aromatic carbocycles. The number of aliphatic hydroxyl groups is 1. The third-order valence-electron chi connectivity index (χ3n) is 3.25. The fourth-order valence-corrected chi connectivity index (χ4v) is 2.48. The molecule has 3 heterocycles. The quantitative estimate of drug-likeness (QED) is 0.389. The molecule has 3 aliphatic heterocycles. The summed E-state index contributed by atoms with van der Waals surface area (Å²) in [5, 5.41) is 13.7. The minimum Gasteiger partial charge on any atom is -0.388 e. The summed E-state index contributed by atoms with van der Waals surface area (Å²) in [7, 11) is 0. The fourth-order valence-electron chi connectivity index (χ4n) is 2.48. The van der Waals surface area contributed by atoms with Crippen LogP contribution in [-0.2, 0) is 0 Å². The number of nitrogens with zero attached hydrogens (tertiary/aromatic N) is 4. The van der Waals surface area contributed by atoms with Crippen LogP contribution >= 0.6 is 0 Å². The lowest BCUT2D eigenvalue weighted by molar-refractivity contribution is -0.104. The van der Waals surface area contributed by atoms with E-state index in [9.17, 15) is 5.11 Å². The first-order valence-corrected chi connectivity index (χ1v) is 4.70. The van der Waals surface area contributed by atoms with Crippen LogP contribution in [0.25, 0.3) is 10.4 Å². The molecule has 0 amide bonds. The van der Waals surface area contributed by atoms with Crippen LogP contribution in [0.4, 0.5) is 0 Å². The number of hydrogen-bond acceptors (Lipinski definition) is 3. The van der Waals surface area contributed by atoms with E-state index in [0.29, 0.717) is 12.5 Å². The van der Waals surface area contributed by atoms with Gasteiger partial charge >= 0.3 is 0 Å². The summed E-state index contributed by atoms with van der Waals surface area (Å²) in [5.41, 5.74) is 7.47. The maximum absolute atomic E-state index is 10.2. The Morgan fingerprint density at radius 2 is 2.23 bits per heavy atom. The molecule has 1 N–H and O–H groups in total. The van der Waals surface area contributed by atoms with Gasteiger partial charge in [-0.15, -0.1) is 0 Å². The van der Waals surface area contributed by atoms with Gasteiger partial charge < -0.3 is 10.0 Å². The van der Waals surface area contributed by atoms with E-state index >= 15 is 0 Å². The van der Waals surface area contributed by atoms with E-state index in [1.807, 2.05) is 0 Å². The van der Waals surface area contributed by atoms with Gasteiger partial charge in [0.15, 0.2) is 0 Å². The summed E-state index contributed by atoms with van der Waals surface area (Å²) in [6.45, 7) is 3.08. The van der Waals surface area contributed by atoms with Crippen molar-refractivity contribution in [3.05, 3.63) is 10.4 Å². The van der Waals surface area contributed by atoms with Gasteiger partial charge in [0, 0.05) is 11.5 Å². The molecule has 5 heteroatoms. The molecule has 13 heavy (non-hydrogen) atoms. The zero-order valence-corrected chi connectivity index (χ0v) is 7.56. The van der Waals surface area contributed by atoms with Gasteiger partial charge in [-0.1, -0.05) is 5.11 Å². The summed E-state index contributed by atoms with van der Waals surface area (Å²) < 4.78 is 0. The monoisotopic (exact) mass is 182 g/mol. The highest BCUT2D eigenvalue weighted by atomic mass is 16.3. The third kappa shape index (κ3) is 1.50. The van der Waals surface area contributed by atoms with E-state index in [4.69, 9.17) is 5.53 Å². The molecule has 0 unspecified atom stereocenters. The third-order valence-corrected chi connectivity index (χ3v) is 3.25. The largest absolute Gasteiger partial charge is 0.388 e. The molecule has 0 aliphatic carbocycles. The first-order valence-electron chi connectivity index (χ1n) is 4.70. The minimum atomic E-state index is -0.747. The van der Waals surface area contributed by atoms with Gasteiger partial charge in [0.05, 0.1) is 12.1 Å². The molecule has 0 aromatic rings. The summed E-state index contributed by atoms with van der Waals surface area (Å²) in [4.78, 5) is 4.95. The van der Waals surface area contributed by atoms with Crippen molar-refractivity contribution in [1.82, 2.24) is 4.90 Å². The van der Waals surface area contributed by atoms with E-state index in [-0.39, 0.29) is 6.54 Å². The SMILES string of the molecule is [N-]=[N+]=NC[C@@]1(O)CN2CCC1CC2. The highest BCUT2D eigenvalue weighted by Gasteiger charge is 2.44. The molecule has 3 rings (SSSR count). The smallest absolute Gasteiger partial charge is 0.0859 e. The summed E-state index contributed by atoms with van der Waals surface area (Å²) in [5.74, 6) is 0.336. The Kier molecular flexibility index (Phi) is 2.15. The standard InChI is InChI=1S/C8H14N4O/c9-11-10-5-8(13)6-12-3-1-7(8)2-4-12/h7,13H,1-6H2/t8-/m1/s1. The number of hydrogen-bond donors (Lipinski definition) is 1. The molecule has 0 saturated carbocycles. The Balaban J connectivity index is 2.09. The van der Waals surface area contributed by atoms with Gasteiger partial charge in [-0.05, 0) is 37.4 Å². The van der Waals surface area contributed by atoms with Crippen LogP contribution < -0.4 is 0 Å². The van der Waals surface area contributed by atoms with Crippen LogP contribution in [0.1, 0.15) is 12.8 Å². The van der Waals surface area contributed by atoms with E-state index in [1.165, 1.54) is 0 Å². The topological polar surface area (TPSA) is 72.2 Å². The Labute approximate surface area is 77.0 Å². The van der Waals surface area contributed by atoms with Crippen LogP contribution in [0.3, 0.4) is 0 Å². The second-order valence-corrected chi connectivity index (χ2v) is 4.04. The van der Waals surface area contributed by atoms with Gasteiger partial charge in [-0.3, -0.25) is 0 Å². The van der Waals surface area contributed by atoms with E-state index < -0.39 is 5.60 Å². The molecule has 72 valence electrons. The molecular formula is C8H14N4O. The molecule has 3 fully saturated rings. The normalized spacial score (nSPS) is 42.8. The molecule has 2 bridgehead atoms. The van der Waals surface area contributed by atoms with Gasteiger partial charge in [-0.25, -0.2) is 0 Å². The van der Waals surface area contributed by atoms with Crippen molar-refractivity contribution in [3.63, 3.8) is 0 Å². The highest BCUT2D eigenvalue weighted by Crippen LogP contribution is 2.35. The van der Waals surface area contributed by atoms with Crippen LogP contribution in [0.15, 0.2) is 5.11 Å². The maximum Gasteiger partial charge on any atom is 0.0859 e. The minimum absolute atomic E-state index is 0.227. The zero-order valence-electron chi connectivity index (χ0n) is 7.56. The molecule has 0 radical (unpaired) electrons. The van der Waals surface area contributed by atoms with Crippen LogP contribution in [0.5, 0.6) is 0 Å². The second-order valence-electron chi connectivity index (χ2n) is 4.04. The molecule has 0 aromatic heterocycles. The number of azide groups is 1. The van der Waals surface area contributed by atoms with Crippen molar-refractivity contribution < 1.29 is 5.11 Å². The molecule has 1 atom stereocenters. The van der Waals surface area contributed by atoms with Crippen LogP contribution in [-0.4, -0.2) is 41.8 Å². The van der Waals surface area contributed by atoms with Gasteiger partial charge in [-0.2, -0.15) is 0 Å². The van der Waals surface area contributed by atoms with E-state index in [2.05, 4.69) is 14.9 Å². The number of fused-ring (bicyclic) bond motifs is 3. The Bertz CT molecular complexity index is 243. The van der Waals surface area contributed by atoms with Crippen molar-refractivity contribution in [3.8, 4) is 0 Å². The van der Waals surface area contributed by atoms with Crippen molar-refractivity contribution in [1.29, 1.82) is 0 Å². The van der Waals surface area contributed by atoms with E-state index in [1.54, 1.807) is 0 Å². The highest BCUT2D eigenvalue weighted by molar-refractivity contribution is 4.99. The molecule has 3 saturated heterocycles. The van der Waals surface area contributed by atoms with Crippen LogP contribution in [0.2, 0.25) is 0 Å². The molecule has 5 nitrogen and oxygen atoms in total. The predicted molar refractivity (Wildman–Crippen MR) is 48.1 cm³/mol. The average molecular weight is 182 g/mol. The van der Waals surface area contributed by atoms with Gasteiger partial charge in [0.1, 0.15) is 0 Å². The van der Waals surface area contributed by atoms with Crippen molar-refractivity contribution in [2.24, 2.45) is 11.0 Å². The van der Waals surface area contributed by atoms with Crippen molar-refractivity contribution in [2.45, 2.75) is 18.4 Å². The average Bonchev–Trinajstić information content (AvgIpc) is 2.16. The van der Waals surface area contributed by atoms with Crippen molar-refractivity contribution >= 4 is 0 Å². The lowest BCUT2D eigenvalue weighted by Crippen LogP contribution is -2.60. The lowest BCUT2D eigenvalue weighted by Gasteiger charge is -2.49. The maximum atomic E-state index is 10.2. The summed E-state index contributed by atoms with van der Waals surface area (Å²) in [6, 6.07) is 0. The Morgan fingerprint density at radius 3 is 2.69 bits per heavy atom. The number of piperidine rings is 3. The van der Waals surface area contributed by atoms with Gasteiger partial charge in [0.25, 0.3) is 0 Å². The van der Waals surface area contributed by atoms with Crippen LogP contribution in [0, 0.1) is 5.92 Å². The fraction of sp³-hybridized carbons (Fsp3) is 1.00. The second kappa shape index (κ2) is 3.18. The first kappa shape index (κ1) is 8.81. The van der Waals surface area contributed by atoms with E-state index in [0.717, 1.165) is 25.9 Å². The summed E-state index contributed by atoms with van der Waals surface area (Å²) >= 11 is 0. The molecular weight excluding hydrogens is 168 g/mol. The molecule has 3 aliphatic rings. The number of rotatable bonds is 2. The predicted octanol–water partition coefficient (Wildman–Crippen LogP) is 0.753. The Hall–Kier alpha value is -0.770. The zero-order chi connectivity index (χ0) is 9.31. The first-order chi connectivity index (χ1) is 6.24. The Morgan fingerprint density at radius 1 is 1.54 bits per heavy atom. The summed E-state index contributed by atoms with van der Waals surface area (Å²) in [6.07, 6.45) is 2.08. The molecule has 0 spiro atoms. The lowest BCUT2D eigenvalue weighted by atomic mass is 9.75.